The number of fused-ring (bicyclic) bond motifs is 1. The number of aryl methyl sites for hydroxylation is 2. The summed E-state index contributed by atoms with van der Waals surface area (Å²) in [4.78, 5) is 0. The average molecular weight is 473 g/mol. The van der Waals surface area contributed by atoms with Gasteiger partial charge in [-0.2, -0.15) is 12.7 Å². The molecule has 2 aliphatic rings. The Morgan fingerprint density at radius 2 is 1.66 bits per heavy atom. The van der Waals surface area contributed by atoms with E-state index in [0.717, 1.165) is 31.8 Å². The summed E-state index contributed by atoms with van der Waals surface area (Å²) in [6.45, 7) is 6.27. The maximum atomic E-state index is 14.0. The Kier molecular flexibility index (Phi) is 5.75. The number of benzene rings is 2. The van der Waals surface area contributed by atoms with Crippen LogP contribution in [0.15, 0.2) is 48.5 Å². The third-order valence-corrected chi connectivity index (χ3v) is 9.69. The van der Waals surface area contributed by atoms with Crippen LogP contribution < -0.4 is 4.31 Å². The summed E-state index contributed by atoms with van der Waals surface area (Å²) >= 11 is 1.53. The Labute approximate surface area is 193 Å². The predicted molar refractivity (Wildman–Crippen MR) is 128 cm³/mol. The summed E-state index contributed by atoms with van der Waals surface area (Å²) in [5.41, 5.74) is 3.11. The first-order chi connectivity index (χ1) is 15.4. The van der Waals surface area contributed by atoms with Crippen LogP contribution in [-0.4, -0.2) is 44.8 Å². The minimum atomic E-state index is -3.74. The number of rotatable bonds is 5. The van der Waals surface area contributed by atoms with Gasteiger partial charge in [0.15, 0.2) is 5.79 Å². The number of thiophene rings is 1. The largest absolute Gasteiger partial charge is 0.347 e. The topological polar surface area (TPSA) is 59.1 Å². The minimum Gasteiger partial charge on any atom is -0.347 e. The molecule has 5 rings (SSSR count). The first-order valence-corrected chi connectivity index (χ1v) is 13.2. The fourth-order valence-corrected chi connectivity index (χ4v) is 7.59. The lowest BCUT2D eigenvalue weighted by molar-refractivity contribution is -0.179. The van der Waals surface area contributed by atoms with Gasteiger partial charge in [-0.1, -0.05) is 48.0 Å². The van der Waals surface area contributed by atoms with Gasteiger partial charge in [-0.05, 0) is 36.4 Å². The molecular weight excluding hydrogens is 444 g/mol. The summed E-state index contributed by atoms with van der Waals surface area (Å²) in [7, 11) is -3.74. The van der Waals surface area contributed by atoms with E-state index >= 15 is 0 Å². The van der Waals surface area contributed by atoms with Crippen LogP contribution in [0.25, 0.3) is 10.1 Å². The first-order valence-electron chi connectivity index (χ1n) is 11.0. The molecule has 2 aliphatic heterocycles. The van der Waals surface area contributed by atoms with Gasteiger partial charge in [0.05, 0.1) is 19.8 Å². The second-order valence-corrected chi connectivity index (χ2v) is 11.4. The third-order valence-electron chi connectivity index (χ3n) is 6.39. The van der Waals surface area contributed by atoms with Crippen LogP contribution in [0.5, 0.6) is 0 Å². The van der Waals surface area contributed by atoms with Crippen molar-refractivity contribution in [3.8, 4) is 0 Å². The fourth-order valence-electron chi connectivity index (χ4n) is 4.50. The maximum Gasteiger partial charge on any atom is 0.305 e. The van der Waals surface area contributed by atoms with E-state index in [9.17, 15) is 8.42 Å². The molecule has 0 atom stereocenters. The van der Waals surface area contributed by atoms with E-state index in [1.54, 1.807) is 8.61 Å². The van der Waals surface area contributed by atoms with Crippen molar-refractivity contribution >= 4 is 36.6 Å². The summed E-state index contributed by atoms with van der Waals surface area (Å²) in [6.07, 6.45) is 1.10. The van der Waals surface area contributed by atoms with E-state index in [1.165, 1.54) is 11.3 Å². The molecule has 0 radical (unpaired) electrons. The molecule has 8 heteroatoms. The van der Waals surface area contributed by atoms with Crippen molar-refractivity contribution in [2.75, 3.05) is 30.6 Å². The molecule has 32 heavy (non-hydrogen) atoms. The third kappa shape index (κ3) is 3.95. The van der Waals surface area contributed by atoms with E-state index < -0.39 is 16.0 Å². The van der Waals surface area contributed by atoms with E-state index in [4.69, 9.17) is 9.47 Å². The van der Waals surface area contributed by atoms with Crippen LogP contribution in [-0.2, 0) is 26.2 Å². The van der Waals surface area contributed by atoms with Crippen molar-refractivity contribution in [2.24, 2.45) is 0 Å². The maximum absolute atomic E-state index is 14.0. The van der Waals surface area contributed by atoms with Gasteiger partial charge in [0, 0.05) is 30.6 Å². The Hall–Kier alpha value is -1.97. The standard InChI is InChI=1S/C24H28N2O4S2/c1-18-7-9-20(10-8-18)17-26(23-19(2)21-5-3-4-6-22(21)31-23)32(27,28)25-13-11-24(12-14-25)29-15-16-30-24/h3-10H,11-17H2,1-2H3. The van der Waals surface area contributed by atoms with E-state index in [-0.39, 0.29) is 0 Å². The molecule has 0 saturated carbocycles. The zero-order valence-electron chi connectivity index (χ0n) is 18.4. The van der Waals surface area contributed by atoms with Gasteiger partial charge < -0.3 is 9.47 Å². The normalized spacial score (nSPS) is 19.1. The van der Waals surface area contributed by atoms with E-state index in [1.807, 2.05) is 56.3 Å². The van der Waals surface area contributed by atoms with Gasteiger partial charge in [0.1, 0.15) is 5.00 Å². The summed E-state index contributed by atoms with van der Waals surface area (Å²) in [5, 5.41) is 1.88. The average Bonchev–Trinajstić information content (AvgIpc) is 3.38. The van der Waals surface area contributed by atoms with Crippen molar-refractivity contribution in [3.63, 3.8) is 0 Å². The molecule has 0 N–H and O–H groups in total. The molecule has 170 valence electrons. The molecule has 0 amide bonds. The van der Waals surface area contributed by atoms with Gasteiger partial charge >= 0.3 is 10.2 Å². The quantitative estimate of drug-likeness (QED) is 0.544. The molecule has 2 aromatic carbocycles. The van der Waals surface area contributed by atoms with Gasteiger partial charge in [-0.25, -0.2) is 4.31 Å². The minimum absolute atomic E-state index is 0.297. The molecule has 3 aromatic rings. The number of hydrogen-bond acceptors (Lipinski definition) is 5. The van der Waals surface area contributed by atoms with E-state index in [0.29, 0.717) is 45.7 Å². The highest BCUT2D eigenvalue weighted by atomic mass is 32.2. The lowest BCUT2D eigenvalue weighted by atomic mass is 10.1. The van der Waals surface area contributed by atoms with Gasteiger partial charge in [-0.15, -0.1) is 11.3 Å². The van der Waals surface area contributed by atoms with Crippen molar-refractivity contribution in [1.29, 1.82) is 0 Å². The highest BCUT2D eigenvalue weighted by molar-refractivity contribution is 7.90. The zero-order chi connectivity index (χ0) is 22.3. The zero-order valence-corrected chi connectivity index (χ0v) is 20.0. The van der Waals surface area contributed by atoms with Crippen molar-refractivity contribution < 1.29 is 17.9 Å². The van der Waals surface area contributed by atoms with Crippen LogP contribution in [0.3, 0.4) is 0 Å². The number of hydrogen-bond donors (Lipinski definition) is 0. The lowest BCUT2D eigenvalue weighted by Gasteiger charge is -2.39. The predicted octanol–water partition coefficient (Wildman–Crippen LogP) is 4.61. The number of nitrogens with zero attached hydrogens (tertiary/aromatic N) is 2. The molecule has 0 bridgehead atoms. The molecule has 6 nitrogen and oxygen atoms in total. The SMILES string of the molecule is Cc1ccc(CN(c2sc3ccccc3c2C)S(=O)(=O)N2CCC3(CC2)OCCO3)cc1. The number of piperidine rings is 1. The van der Waals surface area contributed by atoms with Crippen molar-refractivity contribution in [1.82, 2.24) is 4.31 Å². The van der Waals surface area contributed by atoms with Crippen LogP contribution in [0.1, 0.15) is 29.5 Å². The van der Waals surface area contributed by atoms with Crippen molar-refractivity contribution in [2.45, 2.75) is 39.0 Å². The molecule has 1 aromatic heterocycles. The lowest BCUT2D eigenvalue weighted by Crippen LogP contribution is -2.51. The van der Waals surface area contributed by atoms with Gasteiger partial charge in [0.25, 0.3) is 0 Å². The summed E-state index contributed by atoms with van der Waals surface area (Å²) < 4.78 is 43.8. The Morgan fingerprint density at radius 3 is 2.31 bits per heavy atom. The molecule has 3 heterocycles. The fraction of sp³-hybridized carbons (Fsp3) is 0.417. The highest BCUT2D eigenvalue weighted by Gasteiger charge is 2.44. The van der Waals surface area contributed by atoms with Gasteiger partial charge in [0.2, 0.25) is 0 Å². The first kappa shape index (κ1) is 21.9. The molecule has 2 saturated heterocycles. The van der Waals surface area contributed by atoms with Crippen LogP contribution in [0.2, 0.25) is 0 Å². The van der Waals surface area contributed by atoms with Crippen LogP contribution in [0.4, 0.5) is 5.00 Å². The van der Waals surface area contributed by atoms with Crippen LogP contribution in [0, 0.1) is 13.8 Å². The Balaban J connectivity index is 1.51. The second kappa shape index (κ2) is 8.43. The second-order valence-electron chi connectivity index (χ2n) is 8.54. The molecule has 0 unspecified atom stereocenters. The Morgan fingerprint density at radius 1 is 1.00 bits per heavy atom. The van der Waals surface area contributed by atoms with Crippen molar-refractivity contribution in [3.05, 3.63) is 65.2 Å². The molecule has 1 spiro atoms. The van der Waals surface area contributed by atoms with E-state index in [2.05, 4.69) is 6.07 Å². The molecule has 0 aliphatic carbocycles. The van der Waals surface area contributed by atoms with Gasteiger partial charge in [-0.3, -0.25) is 0 Å². The molecule has 2 fully saturated rings. The van der Waals surface area contributed by atoms with Crippen LogP contribution >= 0.6 is 11.3 Å². The number of ether oxygens (including phenoxy) is 2. The smallest absolute Gasteiger partial charge is 0.305 e. The Bertz CT molecular complexity index is 1200. The summed E-state index contributed by atoms with van der Waals surface area (Å²) in [6, 6.07) is 16.2. The molecular formula is C24H28N2O4S2. The highest BCUT2D eigenvalue weighted by Crippen LogP contribution is 2.41. The monoisotopic (exact) mass is 472 g/mol. The summed E-state index contributed by atoms with van der Waals surface area (Å²) in [5.74, 6) is -0.610. The number of anilines is 1.